The third kappa shape index (κ3) is 1.56. The number of aliphatic hydroxyl groups excluding tert-OH is 1. The molecule has 0 aliphatic carbocycles. The van der Waals surface area contributed by atoms with Gasteiger partial charge < -0.3 is 10.2 Å². The molecule has 2 N–H and O–H groups in total. The van der Waals surface area contributed by atoms with Crippen LogP contribution in [-0.4, -0.2) is 10.2 Å². The van der Waals surface area contributed by atoms with Crippen LogP contribution in [0.4, 0.5) is 0 Å². The van der Waals surface area contributed by atoms with Gasteiger partial charge in [0.05, 0.1) is 0 Å². The van der Waals surface area contributed by atoms with Crippen LogP contribution >= 0.6 is 0 Å². The molecule has 0 aliphatic heterocycles. The van der Waals surface area contributed by atoms with Gasteiger partial charge in [0, 0.05) is 5.56 Å². The number of hydrogen-bond donors (Lipinski definition) is 2. The van der Waals surface area contributed by atoms with Crippen molar-refractivity contribution in [2.24, 2.45) is 0 Å². The molecule has 0 fully saturated rings. The number of hydrogen-bond acceptors (Lipinski definition) is 2. The lowest BCUT2D eigenvalue weighted by atomic mass is 10.1. The van der Waals surface area contributed by atoms with Gasteiger partial charge in [0.1, 0.15) is 0 Å². The normalized spacial score (nSPS) is 10.4. The quantitative estimate of drug-likeness (QED) is 0.568. The zero-order chi connectivity index (χ0) is 7.56. The highest BCUT2D eigenvalue weighted by Gasteiger charge is 1.98. The van der Waals surface area contributed by atoms with E-state index in [2.05, 4.69) is 0 Å². The van der Waals surface area contributed by atoms with Crippen molar-refractivity contribution in [1.29, 1.82) is 0 Å². The smallest absolute Gasteiger partial charge is 0.178 e. The fraction of sp³-hybridized carbons (Fsp3) is 0.250. The highest BCUT2D eigenvalue weighted by atomic mass is 16.5. The van der Waals surface area contributed by atoms with Gasteiger partial charge >= 0.3 is 0 Å². The van der Waals surface area contributed by atoms with Gasteiger partial charge in [-0.1, -0.05) is 29.8 Å². The molecule has 0 spiro atoms. The van der Waals surface area contributed by atoms with E-state index < -0.39 is 6.29 Å². The zero-order valence-corrected chi connectivity index (χ0v) is 5.78. The number of aryl methyl sites for hydroxylation is 1. The number of benzene rings is 1. The first-order chi connectivity index (χ1) is 4.70. The Hall–Kier alpha value is -0.860. The molecule has 2 nitrogen and oxygen atoms in total. The second kappa shape index (κ2) is 2.82. The van der Waals surface area contributed by atoms with Crippen molar-refractivity contribution < 1.29 is 10.2 Å². The molecule has 0 saturated heterocycles. The van der Waals surface area contributed by atoms with Crippen LogP contribution in [-0.2, 0) is 0 Å². The fourth-order valence-electron chi connectivity index (χ4n) is 0.739. The summed E-state index contributed by atoms with van der Waals surface area (Å²) in [5, 5.41) is 17.3. The molecule has 0 aromatic heterocycles. The molecule has 54 valence electrons. The second-order valence-corrected chi connectivity index (χ2v) is 2.28. The SMILES string of the molecule is Cc1ccc(C(O)O)cc1. The molecule has 0 atom stereocenters. The Balaban J connectivity index is 2.89. The maximum Gasteiger partial charge on any atom is 0.178 e. The van der Waals surface area contributed by atoms with Gasteiger partial charge in [-0.25, -0.2) is 0 Å². The summed E-state index contributed by atoms with van der Waals surface area (Å²) in [6, 6.07) is 7.07. The van der Waals surface area contributed by atoms with Crippen LogP contribution in [0.5, 0.6) is 0 Å². The van der Waals surface area contributed by atoms with Crippen molar-refractivity contribution in [2.75, 3.05) is 0 Å². The topological polar surface area (TPSA) is 40.5 Å². The molecule has 0 saturated carbocycles. The maximum absolute atomic E-state index is 8.67. The Kier molecular flexibility index (Phi) is 2.04. The maximum atomic E-state index is 8.67. The van der Waals surface area contributed by atoms with E-state index in [-0.39, 0.29) is 0 Å². The van der Waals surface area contributed by atoms with Gasteiger partial charge in [0.15, 0.2) is 6.29 Å². The standard InChI is InChI=1S/C8H10O2/c1-6-2-4-7(5-3-6)8(9)10/h2-5,8-10H,1H3. The van der Waals surface area contributed by atoms with E-state index in [1.807, 2.05) is 19.1 Å². The Morgan fingerprint density at radius 3 is 2.00 bits per heavy atom. The number of aliphatic hydroxyl groups is 2. The first kappa shape index (κ1) is 7.25. The third-order valence-electron chi connectivity index (χ3n) is 1.38. The van der Waals surface area contributed by atoms with Gasteiger partial charge in [-0.15, -0.1) is 0 Å². The Bertz CT molecular complexity index is 201. The van der Waals surface area contributed by atoms with Crippen molar-refractivity contribution in [2.45, 2.75) is 13.2 Å². The second-order valence-electron chi connectivity index (χ2n) is 2.28. The predicted octanol–water partition coefficient (Wildman–Crippen LogP) is 0.978. The van der Waals surface area contributed by atoms with E-state index in [1.165, 1.54) is 0 Å². The van der Waals surface area contributed by atoms with Crippen LogP contribution in [0.1, 0.15) is 17.4 Å². The molecule has 0 aliphatic rings. The van der Waals surface area contributed by atoms with Crippen molar-refractivity contribution in [3.8, 4) is 0 Å². The first-order valence-electron chi connectivity index (χ1n) is 3.13. The molecule has 0 amide bonds. The molecule has 0 unspecified atom stereocenters. The summed E-state index contributed by atoms with van der Waals surface area (Å²) in [6.45, 7) is 1.95. The Morgan fingerprint density at radius 1 is 1.10 bits per heavy atom. The van der Waals surface area contributed by atoms with Crippen LogP contribution < -0.4 is 0 Å². The lowest BCUT2D eigenvalue weighted by Crippen LogP contribution is -1.93. The van der Waals surface area contributed by atoms with Gasteiger partial charge in [-0.2, -0.15) is 0 Å². The molecule has 10 heavy (non-hydrogen) atoms. The molecule has 0 bridgehead atoms. The predicted molar refractivity (Wildman–Crippen MR) is 38.4 cm³/mol. The summed E-state index contributed by atoms with van der Waals surface area (Å²) in [7, 11) is 0. The molecule has 1 aromatic rings. The van der Waals surface area contributed by atoms with Gasteiger partial charge in [0.25, 0.3) is 0 Å². The van der Waals surface area contributed by atoms with Crippen LogP contribution in [0.25, 0.3) is 0 Å². The molecular weight excluding hydrogens is 128 g/mol. The average molecular weight is 138 g/mol. The highest BCUT2D eigenvalue weighted by Crippen LogP contribution is 2.09. The van der Waals surface area contributed by atoms with E-state index in [9.17, 15) is 0 Å². The van der Waals surface area contributed by atoms with E-state index in [0.717, 1.165) is 5.56 Å². The third-order valence-corrected chi connectivity index (χ3v) is 1.38. The van der Waals surface area contributed by atoms with Crippen molar-refractivity contribution >= 4 is 0 Å². The van der Waals surface area contributed by atoms with Gasteiger partial charge in [0.2, 0.25) is 0 Å². The fourth-order valence-corrected chi connectivity index (χ4v) is 0.739. The van der Waals surface area contributed by atoms with Gasteiger partial charge in [-0.3, -0.25) is 0 Å². The van der Waals surface area contributed by atoms with Crippen LogP contribution in [0, 0.1) is 6.92 Å². The summed E-state index contributed by atoms with van der Waals surface area (Å²) < 4.78 is 0. The minimum absolute atomic E-state index is 0.533. The molecular formula is C8H10O2. The van der Waals surface area contributed by atoms with Crippen molar-refractivity contribution in [3.63, 3.8) is 0 Å². The molecule has 1 aromatic carbocycles. The monoisotopic (exact) mass is 138 g/mol. The van der Waals surface area contributed by atoms with E-state index >= 15 is 0 Å². The molecule has 0 radical (unpaired) electrons. The summed E-state index contributed by atoms with van der Waals surface area (Å²) >= 11 is 0. The van der Waals surface area contributed by atoms with Crippen LogP contribution in [0.15, 0.2) is 24.3 Å². The summed E-state index contributed by atoms with van der Waals surface area (Å²) in [4.78, 5) is 0. The van der Waals surface area contributed by atoms with Crippen LogP contribution in [0.2, 0.25) is 0 Å². The lowest BCUT2D eigenvalue weighted by molar-refractivity contribution is -0.0424. The van der Waals surface area contributed by atoms with Gasteiger partial charge in [-0.05, 0) is 6.92 Å². The van der Waals surface area contributed by atoms with Crippen molar-refractivity contribution in [3.05, 3.63) is 35.4 Å². The summed E-state index contributed by atoms with van der Waals surface area (Å²) in [6.07, 6.45) is -1.35. The van der Waals surface area contributed by atoms with Crippen LogP contribution in [0.3, 0.4) is 0 Å². The van der Waals surface area contributed by atoms with E-state index in [4.69, 9.17) is 10.2 Å². The average Bonchev–Trinajstić information content (AvgIpc) is 1.88. The number of rotatable bonds is 1. The zero-order valence-electron chi connectivity index (χ0n) is 5.78. The summed E-state index contributed by atoms with van der Waals surface area (Å²) in [5.41, 5.74) is 1.65. The minimum Gasteiger partial charge on any atom is -0.364 e. The van der Waals surface area contributed by atoms with Crippen molar-refractivity contribution in [1.82, 2.24) is 0 Å². The first-order valence-corrected chi connectivity index (χ1v) is 3.13. The summed E-state index contributed by atoms with van der Waals surface area (Å²) in [5.74, 6) is 0. The molecule has 2 heteroatoms. The largest absolute Gasteiger partial charge is 0.364 e. The van der Waals surface area contributed by atoms with E-state index in [0.29, 0.717) is 5.56 Å². The molecule has 0 heterocycles. The highest BCUT2D eigenvalue weighted by molar-refractivity contribution is 5.21. The Labute approximate surface area is 59.7 Å². The minimum atomic E-state index is -1.35. The lowest BCUT2D eigenvalue weighted by Gasteiger charge is -2.02. The molecule has 1 rings (SSSR count). The van der Waals surface area contributed by atoms with E-state index in [1.54, 1.807) is 12.1 Å². The Morgan fingerprint density at radius 2 is 1.60 bits per heavy atom.